The van der Waals surface area contributed by atoms with Gasteiger partial charge in [0.15, 0.2) is 28.3 Å². The van der Waals surface area contributed by atoms with Crippen LogP contribution in [0.5, 0.6) is 0 Å². The van der Waals surface area contributed by atoms with Gasteiger partial charge in [0, 0.05) is 11.0 Å². The van der Waals surface area contributed by atoms with Gasteiger partial charge in [0.2, 0.25) is 0 Å². The van der Waals surface area contributed by atoms with Gasteiger partial charge in [-0.15, -0.1) is 16.4 Å². The van der Waals surface area contributed by atoms with Crippen LogP contribution in [0.3, 0.4) is 0 Å². The van der Waals surface area contributed by atoms with Crippen molar-refractivity contribution in [3.05, 3.63) is 54.5 Å². The number of nitrogens with one attached hydrogen (secondary N) is 2. The number of carbonyl (C=O) groups excluding carboxylic acids is 3. The van der Waals surface area contributed by atoms with Crippen molar-refractivity contribution in [3.63, 3.8) is 0 Å². The van der Waals surface area contributed by atoms with E-state index in [4.69, 9.17) is 15.3 Å². The number of aliphatic carboxylic acids is 1. The second-order valence-electron chi connectivity index (χ2n) is 7.57. The Hall–Kier alpha value is -4.62. The number of β-lactam (4-membered cyclic amide) rings is 1. The molecule has 0 aromatic carbocycles. The highest BCUT2D eigenvalue weighted by Gasteiger charge is 2.55. The van der Waals surface area contributed by atoms with Crippen molar-refractivity contribution in [2.45, 2.75) is 24.0 Å². The number of nitrogens with two attached hydrogens (primary N) is 1. The summed E-state index contributed by atoms with van der Waals surface area (Å²) in [5, 5.41) is 24.6. The summed E-state index contributed by atoms with van der Waals surface area (Å²) >= 11 is 1.88. The fourth-order valence-corrected chi connectivity index (χ4v) is 4.88. The van der Waals surface area contributed by atoms with Crippen LogP contribution < -0.4 is 22.2 Å². The number of carboxylic acids is 1. The number of oxime groups is 1. The van der Waals surface area contributed by atoms with E-state index in [1.54, 1.807) is 0 Å². The third-order valence-electron chi connectivity index (χ3n) is 5.27. The van der Waals surface area contributed by atoms with Gasteiger partial charge in [-0.1, -0.05) is 16.9 Å². The first kappa shape index (κ1) is 27.4. The lowest BCUT2D eigenvalue weighted by atomic mass is 9.98. The molecular formula is C20H18N8O9S2. The quantitative estimate of drug-likeness (QED) is 0.0587. The highest BCUT2D eigenvalue weighted by molar-refractivity contribution is 8.02. The second kappa shape index (κ2) is 11.4. The van der Waals surface area contributed by atoms with E-state index in [1.807, 2.05) is 5.10 Å². The predicted octanol–water partition coefficient (Wildman–Crippen LogP) is -2.15. The number of H-pyrrole nitrogens is 1. The lowest BCUT2D eigenvalue weighted by molar-refractivity contribution is -0.184. The van der Waals surface area contributed by atoms with E-state index in [-0.39, 0.29) is 39.6 Å². The predicted molar refractivity (Wildman–Crippen MR) is 133 cm³/mol. The topological polar surface area (TPSA) is 241 Å². The van der Waals surface area contributed by atoms with Gasteiger partial charge in [0.25, 0.3) is 11.8 Å². The monoisotopic (exact) mass is 578 g/mol. The smallest absolute Gasteiger partial charge is 0.353 e. The molecule has 2 aliphatic heterocycles. The van der Waals surface area contributed by atoms with E-state index in [1.165, 1.54) is 24.0 Å². The number of anilines is 1. The number of nitrogens with zero attached hydrogens (tertiary/aromatic N) is 5. The number of thiazole rings is 1. The van der Waals surface area contributed by atoms with Crippen LogP contribution in [0.25, 0.3) is 0 Å². The van der Waals surface area contributed by atoms with Gasteiger partial charge in [-0.2, -0.15) is 0 Å². The Bertz CT molecular complexity index is 1560. The average Bonchev–Trinajstić information content (AvgIpc) is 3.34. The molecule has 1 fully saturated rings. The van der Waals surface area contributed by atoms with Crippen molar-refractivity contribution in [1.82, 2.24) is 30.0 Å². The summed E-state index contributed by atoms with van der Waals surface area (Å²) in [5.74, 6) is -2.99. The number of thioether (sulfide) groups is 1. The molecule has 0 saturated carbocycles. The van der Waals surface area contributed by atoms with E-state index < -0.39 is 47.7 Å². The van der Waals surface area contributed by atoms with Crippen molar-refractivity contribution < 1.29 is 33.9 Å². The van der Waals surface area contributed by atoms with E-state index >= 15 is 0 Å². The fraction of sp³-hybridized carbons (Fsp3) is 0.250. The van der Waals surface area contributed by atoms with Crippen LogP contribution in [0.2, 0.25) is 0 Å². The van der Waals surface area contributed by atoms with Gasteiger partial charge < -0.3 is 30.5 Å². The van der Waals surface area contributed by atoms with Gasteiger partial charge in [0.05, 0.1) is 13.2 Å². The molecule has 0 bridgehead atoms. The summed E-state index contributed by atoms with van der Waals surface area (Å²) < 4.78 is 6.48. The molecule has 2 aliphatic rings. The van der Waals surface area contributed by atoms with E-state index in [0.717, 1.165) is 32.6 Å². The Labute approximate surface area is 225 Å². The minimum absolute atomic E-state index is 0.0340. The van der Waals surface area contributed by atoms with E-state index in [9.17, 15) is 33.9 Å². The van der Waals surface area contributed by atoms with Crippen molar-refractivity contribution >= 4 is 58.0 Å². The van der Waals surface area contributed by atoms with E-state index in [2.05, 4.69) is 20.6 Å². The largest absolute Gasteiger partial charge is 0.477 e. The third kappa shape index (κ3) is 5.35. The fourth-order valence-electron chi connectivity index (χ4n) is 3.59. The SMILES string of the molecule is CON=C(C(=O)NC1C(=O)N2C(C(=O)O)=C(C=CSc3n[nH]c(=O)c(=O)n3CC=O)COC12)c1csc(N)n1. The van der Waals surface area contributed by atoms with Gasteiger partial charge in [-0.3, -0.25) is 28.6 Å². The molecule has 4 rings (SSSR count). The number of carboxylic acid groups (broad SMARTS) is 1. The second-order valence-corrected chi connectivity index (χ2v) is 9.33. The molecule has 2 atom stereocenters. The minimum Gasteiger partial charge on any atom is -0.477 e. The Morgan fingerprint density at radius 3 is 2.85 bits per heavy atom. The summed E-state index contributed by atoms with van der Waals surface area (Å²) in [6.45, 7) is -0.664. The summed E-state index contributed by atoms with van der Waals surface area (Å²) in [5.41, 5.74) is 3.20. The number of rotatable bonds is 10. The number of hydrogen-bond donors (Lipinski definition) is 4. The molecular weight excluding hydrogens is 560 g/mol. The average molecular weight is 579 g/mol. The molecule has 0 aliphatic carbocycles. The molecule has 17 nitrogen and oxygen atoms in total. The number of aldehydes is 1. The van der Waals surface area contributed by atoms with Crippen LogP contribution in [-0.2, 0) is 35.3 Å². The normalized spacial score (nSPS) is 19.1. The molecule has 2 aromatic heterocycles. The van der Waals surface area contributed by atoms with Gasteiger partial charge in [0.1, 0.15) is 24.8 Å². The highest BCUT2D eigenvalue weighted by atomic mass is 32.2. The Morgan fingerprint density at radius 2 is 2.21 bits per heavy atom. The first-order chi connectivity index (χ1) is 18.7. The maximum atomic E-state index is 12.9. The maximum absolute atomic E-state index is 12.9. The summed E-state index contributed by atoms with van der Waals surface area (Å²) in [6, 6.07) is -1.21. The Balaban J connectivity index is 1.52. The third-order valence-corrected chi connectivity index (χ3v) is 6.74. The van der Waals surface area contributed by atoms with Gasteiger partial charge >= 0.3 is 17.1 Å². The van der Waals surface area contributed by atoms with Crippen molar-refractivity contribution in [1.29, 1.82) is 0 Å². The number of aromatic amines is 1. The highest BCUT2D eigenvalue weighted by Crippen LogP contribution is 2.34. The van der Waals surface area contributed by atoms with Crippen molar-refractivity contribution in [2.75, 3.05) is 19.5 Å². The molecule has 5 N–H and O–H groups in total. The molecule has 0 radical (unpaired) electrons. The first-order valence-electron chi connectivity index (χ1n) is 10.7. The Kier molecular flexibility index (Phi) is 8.02. The maximum Gasteiger partial charge on any atom is 0.353 e. The summed E-state index contributed by atoms with van der Waals surface area (Å²) in [4.78, 5) is 81.6. The number of fused-ring (bicyclic) bond motifs is 1. The zero-order valence-corrected chi connectivity index (χ0v) is 21.4. The molecule has 204 valence electrons. The van der Waals surface area contributed by atoms with Crippen LogP contribution in [0.4, 0.5) is 5.13 Å². The molecule has 2 aromatic rings. The molecule has 4 heterocycles. The number of hydrogen-bond acceptors (Lipinski definition) is 14. The molecule has 2 amide bonds. The van der Waals surface area contributed by atoms with Crippen LogP contribution in [0, 0.1) is 0 Å². The van der Waals surface area contributed by atoms with Gasteiger partial charge in [-0.25, -0.2) is 14.9 Å². The first-order valence-corrected chi connectivity index (χ1v) is 12.4. The molecule has 19 heteroatoms. The van der Waals surface area contributed by atoms with E-state index in [0.29, 0.717) is 6.29 Å². The van der Waals surface area contributed by atoms with Crippen molar-refractivity contribution in [3.8, 4) is 0 Å². The van der Waals surface area contributed by atoms with Gasteiger partial charge in [-0.05, 0) is 11.5 Å². The number of carbonyl (C=O) groups is 4. The van der Waals surface area contributed by atoms with Crippen LogP contribution >= 0.6 is 23.1 Å². The zero-order valence-electron chi connectivity index (χ0n) is 19.7. The number of amides is 2. The lowest BCUT2D eigenvalue weighted by Gasteiger charge is -2.49. The molecule has 1 saturated heterocycles. The number of ether oxygens (including phenoxy) is 1. The standard InChI is InChI=1S/C20H18N8O9S2/c1-36-26-10(9-7-39-19(21)22-9)13(30)23-11-15(32)28-12(18(34)35)8(6-37-17(11)28)2-5-38-20-25-24-14(31)16(33)27(20)3-4-29/h2,4-5,7,11,17H,3,6H2,1H3,(H2,21,22)(H,23,30)(H,24,31)(H,34,35). The molecule has 0 spiro atoms. The van der Waals surface area contributed by atoms with Crippen LogP contribution in [0.1, 0.15) is 5.69 Å². The summed E-state index contributed by atoms with van der Waals surface area (Å²) in [7, 11) is 1.22. The number of aromatic nitrogens is 4. The zero-order chi connectivity index (χ0) is 28.3. The van der Waals surface area contributed by atoms with Crippen LogP contribution in [0.15, 0.2) is 48.0 Å². The van der Waals surface area contributed by atoms with Crippen LogP contribution in [-0.4, -0.2) is 85.5 Å². The minimum atomic E-state index is -1.43. The summed E-state index contributed by atoms with van der Waals surface area (Å²) in [6.07, 6.45) is 0.625. The Morgan fingerprint density at radius 1 is 1.44 bits per heavy atom. The number of nitrogen functional groups attached to an aromatic ring is 1. The van der Waals surface area contributed by atoms with Crippen molar-refractivity contribution in [2.24, 2.45) is 5.16 Å². The lowest BCUT2D eigenvalue weighted by Crippen LogP contribution is -2.73. The molecule has 39 heavy (non-hydrogen) atoms. The molecule has 2 unspecified atom stereocenters.